The second kappa shape index (κ2) is 8.14. The third-order valence-corrected chi connectivity index (χ3v) is 2.98. The Bertz CT molecular complexity index is 483. The number of methoxy groups -OCH3 is 1. The van der Waals surface area contributed by atoms with Gasteiger partial charge in [0.15, 0.2) is 0 Å². The summed E-state index contributed by atoms with van der Waals surface area (Å²) in [7, 11) is 1.62. The first-order valence-electron chi connectivity index (χ1n) is 6.59. The molecular formula is C15H19F4NO. The summed E-state index contributed by atoms with van der Waals surface area (Å²) in [5.41, 5.74) is -0.0335. The fraction of sp³-hybridized carbons (Fsp3) is 0.467. The summed E-state index contributed by atoms with van der Waals surface area (Å²) >= 11 is 0. The topological polar surface area (TPSA) is 21.3 Å². The van der Waals surface area contributed by atoms with Crippen molar-refractivity contribution in [3.8, 4) is 0 Å². The summed E-state index contributed by atoms with van der Waals surface area (Å²) in [5, 5.41) is 3.14. The van der Waals surface area contributed by atoms with E-state index in [1.165, 1.54) is 6.07 Å². The summed E-state index contributed by atoms with van der Waals surface area (Å²) in [4.78, 5) is 0. The Hall–Kier alpha value is -1.40. The van der Waals surface area contributed by atoms with Crippen molar-refractivity contribution < 1.29 is 22.3 Å². The maximum Gasteiger partial charge on any atom is 0.419 e. The van der Waals surface area contributed by atoms with Gasteiger partial charge in [-0.15, -0.1) is 0 Å². The number of hydrogen-bond acceptors (Lipinski definition) is 2. The normalized spacial score (nSPS) is 12.8. The molecule has 6 heteroatoms. The third kappa shape index (κ3) is 5.85. The van der Waals surface area contributed by atoms with Crippen LogP contribution in [0.25, 0.3) is 5.57 Å². The van der Waals surface area contributed by atoms with E-state index < -0.39 is 17.6 Å². The predicted molar refractivity (Wildman–Crippen MR) is 74.4 cm³/mol. The largest absolute Gasteiger partial charge is 0.419 e. The number of alkyl halides is 3. The first kappa shape index (κ1) is 17.7. The van der Waals surface area contributed by atoms with E-state index in [9.17, 15) is 17.6 Å². The minimum Gasteiger partial charge on any atom is -0.383 e. The fourth-order valence-corrected chi connectivity index (χ4v) is 1.80. The van der Waals surface area contributed by atoms with Crippen molar-refractivity contribution in [3.63, 3.8) is 0 Å². The van der Waals surface area contributed by atoms with Crippen molar-refractivity contribution in [2.75, 3.05) is 26.8 Å². The molecule has 118 valence electrons. The minimum atomic E-state index is -4.66. The molecule has 1 aromatic rings. The van der Waals surface area contributed by atoms with Crippen LogP contribution < -0.4 is 5.32 Å². The number of ether oxygens (including phenoxy) is 1. The molecule has 1 N–H and O–H groups in total. The quantitative estimate of drug-likeness (QED) is 0.610. The molecule has 0 bridgehead atoms. The zero-order valence-electron chi connectivity index (χ0n) is 12.1. The minimum absolute atomic E-state index is 0.456. The van der Waals surface area contributed by atoms with Crippen LogP contribution in [-0.4, -0.2) is 26.8 Å². The number of rotatable bonds is 7. The molecular weight excluding hydrogens is 286 g/mol. The van der Waals surface area contributed by atoms with Gasteiger partial charge in [-0.25, -0.2) is 4.39 Å². The van der Waals surface area contributed by atoms with E-state index in [4.69, 9.17) is 4.74 Å². The molecule has 0 heterocycles. The Labute approximate surface area is 121 Å². The Kier molecular flexibility index (Phi) is 6.84. The lowest BCUT2D eigenvalue weighted by atomic mass is 10.0. The first-order chi connectivity index (χ1) is 9.86. The van der Waals surface area contributed by atoms with Gasteiger partial charge in [0, 0.05) is 13.7 Å². The van der Waals surface area contributed by atoms with E-state index in [2.05, 4.69) is 5.32 Å². The summed E-state index contributed by atoms with van der Waals surface area (Å²) in [6, 6.07) is 2.99. The van der Waals surface area contributed by atoms with Crippen LogP contribution >= 0.6 is 0 Å². The molecule has 1 rings (SSSR count). The zero-order valence-corrected chi connectivity index (χ0v) is 12.1. The van der Waals surface area contributed by atoms with Gasteiger partial charge in [-0.1, -0.05) is 12.1 Å². The van der Waals surface area contributed by atoms with Gasteiger partial charge in [-0.05, 0) is 43.2 Å². The molecule has 0 aliphatic rings. The Morgan fingerprint density at radius 1 is 1.29 bits per heavy atom. The van der Waals surface area contributed by atoms with Gasteiger partial charge >= 0.3 is 6.18 Å². The van der Waals surface area contributed by atoms with Gasteiger partial charge in [0.2, 0.25) is 0 Å². The van der Waals surface area contributed by atoms with E-state index in [1.54, 1.807) is 14.0 Å². The fourth-order valence-electron chi connectivity index (χ4n) is 1.80. The number of benzene rings is 1. The lowest BCUT2D eigenvalue weighted by molar-refractivity contribution is -0.140. The Morgan fingerprint density at radius 2 is 2.00 bits per heavy atom. The standard InChI is InChI=1S/C15H19F4NO/c1-11(4-3-7-20-8-9-21-2)12-5-6-13(14(16)10-12)15(17,18)19/h4-6,10,20H,3,7-9H2,1-2H3/b11-4-. The second-order valence-electron chi connectivity index (χ2n) is 4.61. The van der Waals surface area contributed by atoms with Gasteiger partial charge in [0.05, 0.1) is 12.2 Å². The van der Waals surface area contributed by atoms with Crippen molar-refractivity contribution in [2.24, 2.45) is 0 Å². The molecule has 0 saturated carbocycles. The lowest BCUT2D eigenvalue weighted by Crippen LogP contribution is -2.19. The van der Waals surface area contributed by atoms with E-state index in [0.717, 1.165) is 30.8 Å². The lowest BCUT2D eigenvalue weighted by Gasteiger charge is -2.10. The van der Waals surface area contributed by atoms with Crippen LogP contribution in [-0.2, 0) is 10.9 Å². The first-order valence-corrected chi connectivity index (χ1v) is 6.59. The molecule has 0 aliphatic carbocycles. The molecule has 0 amide bonds. The number of hydrogen-bond donors (Lipinski definition) is 1. The summed E-state index contributed by atoms with van der Waals surface area (Å²) in [6.45, 7) is 3.83. The van der Waals surface area contributed by atoms with Crippen molar-refractivity contribution in [3.05, 3.63) is 41.2 Å². The molecule has 0 atom stereocenters. The van der Waals surface area contributed by atoms with E-state index in [-0.39, 0.29) is 0 Å². The SMILES string of the molecule is COCCNCC/C=C(/C)c1ccc(C(F)(F)F)c(F)c1. The molecule has 21 heavy (non-hydrogen) atoms. The number of allylic oxidation sites excluding steroid dienone is 1. The van der Waals surface area contributed by atoms with Crippen LogP contribution in [0.5, 0.6) is 0 Å². The molecule has 0 fully saturated rings. The average Bonchev–Trinajstić information content (AvgIpc) is 2.41. The van der Waals surface area contributed by atoms with E-state index in [1.807, 2.05) is 6.08 Å². The van der Waals surface area contributed by atoms with Crippen molar-refractivity contribution >= 4 is 5.57 Å². The molecule has 0 spiro atoms. The molecule has 0 radical (unpaired) electrons. The van der Waals surface area contributed by atoms with E-state index >= 15 is 0 Å². The smallest absolute Gasteiger partial charge is 0.383 e. The summed E-state index contributed by atoms with van der Waals surface area (Å²) < 4.78 is 55.7. The second-order valence-corrected chi connectivity index (χ2v) is 4.61. The third-order valence-electron chi connectivity index (χ3n) is 2.98. The predicted octanol–water partition coefficient (Wildman–Crippen LogP) is 3.87. The van der Waals surface area contributed by atoms with Gasteiger partial charge in [-0.3, -0.25) is 0 Å². The van der Waals surface area contributed by atoms with Crippen LogP contribution in [0.1, 0.15) is 24.5 Å². The molecule has 1 aromatic carbocycles. The Balaban J connectivity index is 2.62. The number of nitrogens with one attached hydrogen (secondary N) is 1. The van der Waals surface area contributed by atoms with Crippen molar-refractivity contribution in [1.82, 2.24) is 5.32 Å². The average molecular weight is 305 g/mol. The van der Waals surface area contributed by atoms with Crippen LogP contribution in [0.15, 0.2) is 24.3 Å². The monoisotopic (exact) mass is 305 g/mol. The molecule has 2 nitrogen and oxygen atoms in total. The van der Waals surface area contributed by atoms with Crippen molar-refractivity contribution in [2.45, 2.75) is 19.5 Å². The molecule has 0 unspecified atom stereocenters. The van der Waals surface area contributed by atoms with Crippen LogP contribution in [0, 0.1) is 5.82 Å². The number of halogens is 4. The Morgan fingerprint density at radius 3 is 2.57 bits per heavy atom. The van der Waals surface area contributed by atoms with Gasteiger partial charge in [0.1, 0.15) is 5.82 Å². The maximum atomic E-state index is 13.5. The van der Waals surface area contributed by atoms with E-state index in [0.29, 0.717) is 18.6 Å². The maximum absolute atomic E-state index is 13.5. The van der Waals surface area contributed by atoms with Gasteiger partial charge in [0.25, 0.3) is 0 Å². The highest BCUT2D eigenvalue weighted by molar-refractivity contribution is 5.64. The van der Waals surface area contributed by atoms with Crippen LogP contribution in [0.2, 0.25) is 0 Å². The van der Waals surface area contributed by atoms with Crippen LogP contribution in [0.3, 0.4) is 0 Å². The highest BCUT2D eigenvalue weighted by atomic mass is 19.4. The summed E-state index contributed by atoms with van der Waals surface area (Å²) in [6.07, 6.45) is -2.09. The molecule has 0 aromatic heterocycles. The highest BCUT2D eigenvalue weighted by Crippen LogP contribution is 2.32. The molecule has 0 aliphatic heterocycles. The molecule has 0 saturated heterocycles. The zero-order chi connectivity index (χ0) is 15.9. The van der Waals surface area contributed by atoms with Gasteiger partial charge in [-0.2, -0.15) is 13.2 Å². The summed E-state index contributed by atoms with van der Waals surface area (Å²) in [5.74, 6) is -1.24. The highest BCUT2D eigenvalue weighted by Gasteiger charge is 2.33. The van der Waals surface area contributed by atoms with Gasteiger partial charge < -0.3 is 10.1 Å². The van der Waals surface area contributed by atoms with Crippen molar-refractivity contribution in [1.29, 1.82) is 0 Å². The van der Waals surface area contributed by atoms with Crippen LogP contribution in [0.4, 0.5) is 17.6 Å².